The normalized spacial score (nSPS) is 17.4. The number of nitrogens with one attached hydrogen (secondary N) is 1. The van der Waals surface area contributed by atoms with Gasteiger partial charge in [-0.2, -0.15) is 0 Å². The van der Waals surface area contributed by atoms with Gasteiger partial charge in [-0.25, -0.2) is 4.79 Å². The second kappa shape index (κ2) is 8.68. The number of piperazine rings is 1. The van der Waals surface area contributed by atoms with Crippen LogP contribution in [0.1, 0.15) is 31.9 Å². The summed E-state index contributed by atoms with van der Waals surface area (Å²) in [7, 11) is 0. The van der Waals surface area contributed by atoms with Crippen LogP contribution in [0.5, 0.6) is 0 Å². The molecule has 0 bridgehead atoms. The average molecular weight is 474 g/mol. The van der Waals surface area contributed by atoms with Gasteiger partial charge in [0.25, 0.3) is 5.91 Å². The molecule has 0 aromatic heterocycles. The van der Waals surface area contributed by atoms with Crippen molar-refractivity contribution in [3.63, 3.8) is 0 Å². The molecule has 2 aliphatic heterocycles. The number of benzene rings is 2. The van der Waals surface area contributed by atoms with Crippen LogP contribution in [-0.2, 0) is 9.53 Å². The monoisotopic (exact) mass is 473 g/mol. The zero-order valence-electron chi connectivity index (χ0n) is 18.2. The number of halogens is 2. The summed E-state index contributed by atoms with van der Waals surface area (Å²) in [5, 5.41) is 4.01. The van der Waals surface area contributed by atoms with E-state index < -0.39 is 5.60 Å². The highest BCUT2D eigenvalue weighted by atomic mass is 35.5. The molecule has 32 heavy (non-hydrogen) atoms. The highest BCUT2D eigenvalue weighted by Crippen LogP contribution is 2.37. The zero-order chi connectivity index (χ0) is 23.0. The highest BCUT2D eigenvalue weighted by Gasteiger charge is 2.28. The van der Waals surface area contributed by atoms with Crippen LogP contribution in [0.2, 0.25) is 10.0 Å². The average Bonchev–Trinajstić information content (AvgIpc) is 3.01. The van der Waals surface area contributed by atoms with Gasteiger partial charge in [-0.05, 0) is 57.2 Å². The molecule has 168 valence electrons. The molecule has 0 aliphatic carbocycles. The van der Waals surface area contributed by atoms with Gasteiger partial charge in [-0.3, -0.25) is 4.79 Å². The van der Waals surface area contributed by atoms with Gasteiger partial charge in [0.05, 0.1) is 5.69 Å². The fourth-order valence-electron chi connectivity index (χ4n) is 3.85. The van der Waals surface area contributed by atoms with Gasteiger partial charge in [-0.15, -0.1) is 0 Å². The van der Waals surface area contributed by atoms with Gasteiger partial charge in [0.15, 0.2) is 0 Å². The van der Waals surface area contributed by atoms with Gasteiger partial charge in [-0.1, -0.05) is 29.3 Å². The number of carbonyl (C=O) groups excluding carboxylic acids is 2. The Morgan fingerprint density at radius 3 is 2.38 bits per heavy atom. The number of ether oxygens (including phenoxy) is 1. The minimum absolute atomic E-state index is 0.178. The van der Waals surface area contributed by atoms with Crippen LogP contribution in [0, 0.1) is 0 Å². The number of anilines is 2. The number of fused-ring (bicyclic) bond motifs is 1. The predicted molar refractivity (Wildman–Crippen MR) is 129 cm³/mol. The summed E-state index contributed by atoms with van der Waals surface area (Å²) in [5.74, 6) is -0.178. The first-order valence-electron chi connectivity index (χ1n) is 10.5. The lowest BCUT2D eigenvalue weighted by atomic mass is 10.0. The standard InChI is InChI=1S/C24H25Cl2N3O3/c1-24(2,3)32-23(31)29-10-8-28(9-11-29)21-7-5-16(25)12-15(21)13-19-18-6-4-17(26)14-20(18)27-22(19)30/h4-7,12-14H,8-11H2,1-3H3,(H,27,30). The maximum absolute atomic E-state index is 12.6. The molecule has 1 saturated heterocycles. The fraction of sp³-hybridized carbons (Fsp3) is 0.333. The minimum atomic E-state index is -0.522. The summed E-state index contributed by atoms with van der Waals surface area (Å²) in [6, 6.07) is 11.0. The van der Waals surface area contributed by atoms with Crippen molar-refractivity contribution in [2.24, 2.45) is 0 Å². The quantitative estimate of drug-likeness (QED) is 0.581. The summed E-state index contributed by atoms with van der Waals surface area (Å²) < 4.78 is 5.49. The lowest BCUT2D eigenvalue weighted by Crippen LogP contribution is -2.50. The first kappa shape index (κ1) is 22.5. The molecule has 0 saturated carbocycles. The number of rotatable bonds is 2. The molecule has 0 unspecified atom stereocenters. The Kier molecular flexibility index (Phi) is 6.10. The maximum atomic E-state index is 12.6. The largest absolute Gasteiger partial charge is 0.444 e. The minimum Gasteiger partial charge on any atom is -0.444 e. The topological polar surface area (TPSA) is 61.9 Å². The molecule has 1 N–H and O–H groups in total. The summed E-state index contributed by atoms with van der Waals surface area (Å²) in [6.45, 7) is 7.98. The molecule has 2 aromatic rings. The number of hydrogen-bond donors (Lipinski definition) is 1. The van der Waals surface area contributed by atoms with Crippen LogP contribution in [0.3, 0.4) is 0 Å². The van der Waals surface area contributed by atoms with Crippen LogP contribution in [0.25, 0.3) is 11.6 Å². The van der Waals surface area contributed by atoms with E-state index in [4.69, 9.17) is 27.9 Å². The molecule has 0 atom stereocenters. The van der Waals surface area contributed by atoms with Gasteiger partial charge >= 0.3 is 6.09 Å². The van der Waals surface area contributed by atoms with Crippen molar-refractivity contribution < 1.29 is 14.3 Å². The second-order valence-corrected chi connectivity index (χ2v) is 9.73. The predicted octanol–water partition coefficient (Wildman–Crippen LogP) is 5.54. The van der Waals surface area contributed by atoms with Crippen LogP contribution < -0.4 is 10.2 Å². The van der Waals surface area contributed by atoms with Crippen molar-refractivity contribution in [3.8, 4) is 0 Å². The highest BCUT2D eigenvalue weighted by molar-refractivity contribution is 6.37. The van der Waals surface area contributed by atoms with Gasteiger partial charge < -0.3 is 19.9 Å². The van der Waals surface area contributed by atoms with Gasteiger partial charge in [0.1, 0.15) is 5.60 Å². The second-order valence-electron chi connectivity index (χ2n) is 8.86. The van der Waals surface area contributed by atoms with E-state index in [1.54, 1.807) is 17.0 Å². The SMILES string of the molecule is CC(C)(C)OC(=O)N1CCN(c2ccc(Cl)cc2C=C2C(=O)Nc3cc(Cl)ccc32)CC1. The zero-order valence-corrected chi connectivity index (χ0v) is 19.8. The Labute approximate surface area is 197 Å². The van der Waals surface area contributed by atoms with E-state index in [2.05, 4.69) is 10.2 Å². The van der Waals surface area contributed by atoms with Crippen molar-refractivity contribution in [2.45, 2.75) is 26.4 Å². The molecule has 1 fully saturated rings. The Morgan fingerprint density at radius 1 is 1.03 bits per heavy atom. The summed E-state index contributed by atoms with van der Waals surface area (Å²) in [4.78, 5) is 28.9. The summed E-state index contributed by atoms with van der Waals surface area (Å²) in [5.41, 5.74) is 3.35. The van der Waals surface area contributed by atoms with Crippen molar-refractivity contribution in [3.05, 3.63) is 57.6 Å². The molecule has 4 rings (SSSR count). The first-order chi connectivity index (χ1) is 15.1. The molecule has 0 radical (unpaired) electrons. The number of nitrogens with zero attached hydrogens (tertiary/aromatic N) is 2. The van der Waals surface area contributed by atoms with Crippen LogP contribution in [-0.4, -0.2) is 48.7 Å². The number of hydrogen-bond acceptors (Lipinski definition) is 4. The Balaban J connectivity index is 1.58. The molecule has 2 heterocycles. The van der Waals surface area contributed by atoms with Gasteiger partial charge in [0, 0.05) is 58.6 Å². The molecule has 2 amide bonds. The van der Waals surface area contributed by atoms with Crippen LogP contribution in [0.15, 0.2) is 36.4 Å². The van der Waals surface area contributed by atoms with Crippen molar-refractivity contribution in [1.29, 1.82) is 0 Å². The first-order valence-corrected chi connectivity index (χ1v) is 11.2. The smallest absolute Gasteiger partial charge is 0.410 e. The van der Waals surface area contributed by atoms with Crippen molar-refractivity contribution in [1.82, 2.24) is 4.90 Å². The molecule has 8 heteroatoms. The van der Waals surface area contributed by atoms with Crippen molar-refractivity contribution >= 4 is 58.2 Å². The summed E-state index contributed by atoms with van der Waals surface area (Å²) in [6.07, 6.45) is 1.56. The van der Waals surface area contributed by atoms with Crippen molar-refractivity contribution in [2.75, 3.05) is 36.4 Å². The van der Waals surface area contributed by atoms with Crippen LogP contribution in [0.4, 0.5) is 16.2 Å². The van der Waals surface area contributed by atoms with Crippen LogP contribution >= 0.6 is 23.2 Å². The molecular formula is C24H25Cl2N3O3. The Morgan fingerprint density at radius 2 is 1.69 bits per heavy atom. The Hall–Kier alpha value is -2.70. The molecular weight excluding hydrogens is 449 g/mol. The summed E-state index contributed by atoms with van der Waals surface area (Å²) >= 11 is 12.4. The van der Waals surface area contributed by atoms with E-state index in [-0.39, 0.29) is 12.0 Å². The molecule has 2 aromatic carbocycles. The number of amides is 2. The lowest BCUT2D eigenvalue weighted by Gasteiger charge is -2.37. The number of carbonyl (C=O) groups is 2. The third-order valence-electron chi connectivity index (χ3n) is 5.33. The van der Waals surface area contributed by atoms with E-state index in [9.17, 15) is 9.59 Å². The molecule has 2 aliphatic rings. The fourth-order valence-corrected chi connectivity index (χ4v) is 4.20. The van der Waals surface area contributed by atoms with E-state index in [0.717, 1.165) is 16.8 Å². The van der Waals surface area contributed by atoms with E-state index in [0.29, 0.717) is 47.5 Å². The maximum Gasteiger partial charge on any atom is 0.410 e. The van der Waals surface area contributed by atoms with E-state index >= 15 is 0 Å². The van der Waals surface area contributed by atoms with E-state index in [1.165, 1.54) is 0 Å². The van der Waals surface area contributed by atoms with E-state index in [1.807, 2.05) is 51.1 Å². The third kappa shape index (κ3) is 4.87. The third-order valence-corrected chi connectivity index (χ3v) is 5.80. The van der Waals surface area contributed by atoms with Gasteiger partial charge in [0.2, 0.25) is 0 Å². The lowest BCUT2D eigenvalue weighted by molar-refractivity contribution is -0.110. The Bertz CT molecular complexity index is 1100. The molecule has 6 nitrogen and oxygen atoms in total. The molecule has 0 spiro atoms.